The molecule has 1 aliphatic rings. The van der Waals surface area contributed by atoms with Crippen LogP contribution in [-0.2, 0) is 22.4 Å². The maximum atomic E-state index is 12.3. The summed E-state index contributed by atoms with van der Waals surface area (Å²) < 4.78 is 16.0. The Labute approximate surface area is 151 Å². The van der Waals surface area contributed by atoms with Crippen molar-refractivity contribution in [1.82, 2.24) is 0 Å². The summed E-state index contributed by atoms with van der Waals surface area (Å²) in [5.74, 6) is 0.711. The van der Waals surface area contributed by atoms with Gasteiger partial charge in [-0.25, -0.2) is 0 Å². The van der Waals surface area contributed by atoms with E-state index in [1.54, 1.807) is 36.4 Å². The molecule has 0 bridgehead atoms. The topological polar surface area (TPSA) is 85.2 Å². The first-order valence-electron chi connectivity index (χ1n) is 8.38. The van der Waals surface area contributed by atoms with E-state index >= 15 is 0 Å². The standard InChI is InChI=1S/C20H22O6/c1-24-19-9-12(3-5-15(19)21)7-14-17(23)11-26-18(14)8-13-4-6-16(22)20(10-13)25-2/h3-6,9-10,14,18,21-22H,7-8,11H2,1-2H3. The van der Waals surface area contributed by atoms with Crippen LogP contribution in [0.15, 0.2) is 36.4 Å². The zero-order valence-corrected chi connectivity index (χ0v) is 14.8. The number of ether oxygens (including phenoxy) is 3. The highest BCUT2D eigenvalue weighted by Crippen LogP contribution is 2.32. The molecular formula is C20H22O6. The molecule has 2 atom stereocenters. The van der Waals surface area contributed by atoms with E-state index in [2.05, 4.69) is 0 Å². The number of hydrogen-bond acceptors (Lipinski definition) is 6. The zero-order chi connectivity index (χ0) is 18.7. The molecule has 2 unspecified atom stereocenters. The van der Waals surface area contributed by atoms with E-state index < -0.39 is 0 Å². The summed E-state index contributed by atoms with van der Waals surface area (Å²) in [7, 11) is 2.99. The number of Topliss-reactive ketones (excluding diaryl/α,β-unsaturated/α-hetero) is 1. The van der Waals surface area contributed by atoms with Gasteiger partial charge in [0.15, 0.2) is 28.8 Å². The van der Waals surface area contributed by atoms with Crippen LogP contribution < -0.4 is 9.47 Å². The van der Waals surface area contributed by atoms with E-state index in [1.165, 1.54) is 14.2 Å². The van der Waals surface area contributed by atoms with Gasteiger partial charge in [-0.2, -0.15) is 0 Å². The fourth-order valence-electron chi connectivity index (χ4n) is 3.25. The maximum absolute atomic E-state index is 12.3. The summed E-state index contributed by atoms with van der Waals surface area (Å²) in [6.45, 7) is 0.0970. The van der Waals surface area contributed by atoms with Gasteiger partial charge < -0.3 is 24.4 Å². The van der Waals surface area contributed by atoms with E-state index in [4.69, 9.17) is 14.2 Å². The molecule has 6 heteroatoms. The number of carbonyl (C=O) groups is 1. The van der Waals surface area contributed by atoms with Gasteiger partial charge in [0.05, 0.1) is 26.2 Å². The molecule has 138 valence electrons. The molecule has 2 N–H and O–H groups in total. The molecular weight excluding hydrogens is 336 g/mol. The van der Waals surface area contributed by atoms with Crippen LogP contribution in [-0.4, -0.2) is 42.9 Å². The monoisotopic (exact) mass is 358 g/mol. The molecule has 0 radical (unpaired) electrons. The molecule has 6 nitrogen and oxygen atoms in total. The van der Waals surface area contributed by atoms with E-state index in [1.807, 2.05) is 0 Å². The van der Waals surface area contributed by atoms with Crippen molar-refractivity contribution >= 4 is 5.78 Å². The fourth-order valence-corrected chi connectivity index (χ4v) is 3.25. The van der Waals surface area contributed by atoms with Crippen molar-refractivity contribution < 1.29 is 29.2 Å². The van der Waals surface area contributed by atoms with E-state index in [9.17, 15) is 15.0 Å². The van der Waals surface area contributed by atoms with Crippen molar-refractivity contribution in [3.8, 4) is 23.0 Å². The van der Waals surface area contributed by atoms with Gasteiger partial charge in [-0.15, -0.1) is 0 Å². The molecule has 2 aromatic carbocycles. The third-order valence-corrected chi connectivity index (χ3v) is 4.68. The van der Waals surface area contributed by atoms with Crippen LogP contribution in [0.3, 0.4) is 0 Å². The molecule has 1 saturated heterocycles. The van der Waals surface area contributed by atoms with Gasteiger partial charge in [-0.1, -0.05) is 12.1 Å². The Morgan fingerprint density at radius 2 is 1.50 bits per heavy atom. The van der Waals surface area contributed by atoms with Gasteiger partial charge in [-0.3, -0.25) is 4.79 Å². The number of benzene rings is 2. The van der Waals surface area contributed by atoms with Crippen molar-refractivity contribution in [1.29, 1.82) is 0 Å². The number of phenolic OH excluding ortho intramolecular Hbond substituents is 2. The van der Waals surface area contributed by atoms with Crippen molar-refractivity contribution in [2.75, 3.05) is 20.8 Å². The highest BCUT2D eigenvalue weighted by atomic mass is 16.5. The van der Waals surface area contributed by atoms with E-state index in [0.717, 1.165) is 11.1 Å². The van der Waals surface area contributed by atoms with Crippen LogP contribution in [0.1, 0.15) is 11.1 Å². The number of ketones is 1. The first-order chi connectivity index (χ1) is 12.5. The fraction of sp³-hybridized carbons (Fsp3) is 0.350. The predicted octanol–water partition coefficient (Wildman–Crippen LogP) is 2.48. The van der Waals surface area contributed by atoms with E-state index in [-0.39, 0.29) is 35.9 Å². The largest absolute Gasteiger partial charge is 0.504 e. The number of hydrogen-bond donors (Lipinski definition) is 2. The van der Waals surface area contributed by atoms with Crippen LogP contribution in [0.5, 0.6) is 23.0 Å². The highest BCUT2D eigenvalue weighted by Gasteiger charge is 2.36. The van der Waals surface area contributed by atoms with Crippen LogP contribution in [0.25, 0.3) is 0 Å². The summed E-state index contributed by atoms with van der Waals surface area (Å²) >= 11 is 0. The lowest BCUT2D eigenvalue weighted by atomic mass is 9.89. The quantitative estimate of drug-likeness (QED) is 0.825. The molecule has 2 aromatic rings. The second kappa shape index (κ2) is 7.66. The molecule has 1 aliphatic heterocycles. The van der Waals surface area contributed by atoms with Gasteiger partial charge in [0.1, 0.15) is 6.61 Å². The molecule has 0 amide bonds. The average molecular weight is 358 g/mol. The Hall–Kier alpha value is -2.73. The molecule has 0 spiro atoms. The van der Waals surface area contributed by atoms with Crippen LogP contribution in [0, 0.1) is 5.92 Å². The third kappa shape index (κ3) is 3.75. The lowest BCUT2D eigenvalue weighted by molar-refractivity contribution is -0.120. The first-order valence-corrected chi connectivity index (χ1v) is 8.38. The van der Waals surface area contributed by atoms with E-state index in [0.29, 0.717) is 24.3 Å². The lowest BCUT2D eigenvalue weighted by Crippen LogP contribution is -2.25. The summed E-state index contributed by atoms with van der Waals surface area (Å²) in [5, 5.41) is 19.4. The van der Waals surface area contributed by atoms with Gasteiger partial charge in [-0.05, 0) is 48.2 Å². The third-order valence-electron chi connectivity index (χ3n) is 4.68. The van der Waals surface area contributed by atoms with Crippen LogP contribution >= 0.6 is 0 Å². The summed E-state index contributed by atoms with van der Waals surface area (Å²) in [6.07, 6.45) is 0.800. The summed E-state index contributed by atoms with van der Waals surface area (Å²) in [4.78, 5) is 12.3. The highest BCUT2D eigenvalue weighted by molar-refractivity contribution is 5.84. The number of rotatable bonds is 6. The van der Waals surface area contributed by atoms with Crippen molar-refractivity contribution in [3.63, 3.8) is 0 Å². The molecule has 0 saturated carbocycles. The number of aromatic hydroxyl groups is 2. The number of methoxy groups -OCH3 is 2. The Balaban J connectivity index is 1.76. The molecule has 3 rings (SSSR count). The molecule has 1 fully saturated rings. The smallest absolute Gasteiger partial charge is 0.164 e. The summed E-state index contributed by atoms with van der Waals surface area (Å²) in [6, 6.07) is 10.2. The first kappa shape index (κ1) is 18.1. The lowest BCUT2D eigenvalue weighted by Gasteiger charge is -2.18. The van der Waals surface area contributed by atoms with Crippen molar-refractivity contribution in [3.05, 3.63) is 47.5 Å². The van der Waals surface area contributed by atoms with Crippen LogP contribution in [0.2, 0.25) is 0 Å². The van der Waals surface area contributed by atoms with Crippen molar-refractivity contribution in [2.24, 2.45) is 5.92 Å². The normalized spacial score (nSPS) is 19.5. The Morgan fingerprint density at radius 3 is 2.04 bits per heavy atom. The Kier molecular flexibility index (Phi) is 5.32. The minimum Gasteiger partial charge on any atom is -0.504 e. The van der Waals surface area contributed by atoms with Gasteiger partial charge in [0.2, 0.25) is 0 Å². The second-order valence-electron chi connectivity index (χ2n) is 6.34. The van der Waals surface area contributed by atoms with Crippen LogP contribution in [0.4, 0.5) is 0 Å². The maximum Gasteiger partial charge on any atom is 0.164 e. The number of carbonyl (C=O) groups excluding carboxylic acids is 1. The second-order valence-corrected chi connectivity index (χ2v) is 6.34. The van der Waals surface area contributed by atoms with Gasteiger partial charge in [0, 0.05) is 0 Å². The van der Waals surface area contributed by atoms with Gasteiger partial charge in [0.25, 0.3) is 0 Å². The average Bonchev–Trinajstić information content (AvgIpc) is 2.98. The minimum atomic E-state index is -0.274. The Bertz CT molecular complexity index is 801. The minimum absolute atomic E-state index is 0.0628. The summed E-state index contributed by atoms with van der Waals surface area (Å²) in [5.41, 5.74) is 1.82. The Morgan fingerprint density at radius 1 is 0.962 bits per heavy atom. The molecule has 0 aliphatic carbocycles. The zero-order valence-electron chi connectivity index (χ0n) is 14.8. The number of phenols is 2. The van der Waals surface area contributed by atoms with Crippen molar-refractivity contribution in [2.45, 2.75) is 18.9 Å². The predicted molar refractivity (Wildman–Crippen MR) is 95.0 cm³/mol. The molecule has 0 aromatic heterocycles. The van der Waals surface area contributed by atoms with Gasteiger partial charge >= 0.3 is 0 Å². The molecule has 1 heterocycles. The molecule has 26 heavy (non-hydrogen) atoms. The SMILES string of the molecule is COc1cc(CC2OCC(=O)C2Cc2ccc(O)c(OC)c2)ccc1O.